The van der Waals surface area contributed by atoms with Crippen molar-refractivity contribution >= 4 is 46.3 Å². The molecule has 0 aliphatic carbocycles. The van der Waals surface area contributed by atoms with Crippen molar-refractivity contribution in [3.05, 3.63) is 71.4 Å². The molecule has 10 nitrogen and oxygen atoms in total. The number of ether oxygens (including phenoxy) is 1. The topological polar surface area (TPSA) is 97.9 Å². The summed E-state index contributed by atoms with van der Waals surface area (Å²) in [6.45, 7) is 5.17. The molecule has 2 heterocycles. The van der Waals surface area contributed by atoms with Crippen LogP contribution in [0.25, 0.3) is 0 Å². The Morgan fingerprint density at radius 2 is 1.95 bits per heavy atom. The molecule has 1 aliphatic heterocycles. The second kappa shape index (κ2) is 14.0. The van der Waals surface area contributed by atoms with E-state index >= 15 is 0 Å². The first-order valence-electron chi connectivity index (χ1n) is 13.2. The molecule has 3 aromatic rings. The van der Waals surface area contributed by atoms with Crippen molar-refractivity contribution in [1.82, 2.24) is 19.8 Å². The molecule has 4 rings (SSSR count). The van der Waals surface area contributed by atoms with Gasteiger partial charge in [-0.15, -0.1) is 0 Å². The van der Waals surface area contributed by atoms with Crippen LogP contribution in [0.3, 0.4) is 0 Å². The van der Waals surface area contributed by atoms with Gasteiger partial charge in [0.25, 0.3) is 0 Å². The largest absolute Gasteiger partial charge is 0.494 e. The molecule has 3 N–H and O–H groups in total. The van der Waals surface area contributed by atoms with Gasteiger partial charge in [-0.1, -0.05) is 29.8 Å². The van der Waals surface area contributed by atoms with Gasteiger partial charge in [0.05, 0.1) is 19.0 Å². The number of benzene rings is 2. The van der Waals surface area contributed by atoms with Crippen molar-refractivity contribution in [2.24, 2.45) is 0 Å². The number of aromatic nitrogens is 2. The van der Waals surface area contributed by atoms with Crippen LogP contribution in [0.5, 0.6) is 5.75 Å². The molecule has 0 atom stereocenters. The van der Waals surface area contributed by atoms with Crippen LogP contribution < -0.4 is 25.6 Å². The summed E-state index contributed by atoms with van der Waals surface area (Å²) in [5.41, 5.74) is 3.55. The SMILES string of the molecule is COc1cc(N2CCN(C)CC2)ccc1Nc1ncc(Cl)c(NCc2cccc(NC(=O)/C=C/CN(C)C)c2)n1. The van der Waals surface area contributed by atoms with E-state index in [1.165, 1.54) is 6.08 Å². The van der Waals surface area contributed by atoms with E-state index in [2.05, 4.69) is 48.8 Å². The van der Waals surface area contributed by atoms with Crippen LogP contribution in [-0.4, -0.2) is 86.7 Å². The maximum absolute atomic E-state index is 12.2. The first kappa shape index (κ1) is 29.1. The summed E-state index contributed by atoms with van der Waals surface area (Å²) < 4.78 is 5.67. The molecular weight excluding hydrogens is 528 g/mol. The van der Waals surface area contributed by atoms with Gasteiger partial charge in [0.1, 0.15) is 10.8 Å². The van der Waals surface area contributed by atoms with Crippen molar-refractivity contribution in [2.45, 2.75) is 6.54 Å². The van der Waals surface area contributed by atoms with Crippen molar-refractivity contribution < 1.29 is 9.53 Å². The van der Waals surface area contributed by atoms with Crippen LogP contribution in [0.2, 0.25) is 5.02 Å². The highest BCUT2D eigenvalue weighted by Crippen LogP contribution is 2.32. The average molecular weight is 565 g/mol. The molecule has 0 unspecified atom stereocenters. The van der Waals surface area contributed by atoms with E-state index in [1.807, 2.05) is 61.5 Å². The Morgan fingerprint density at radius 1 is 1.15 bits per heavy atom. The highest BCUT2D eigenvalue weighted by molar-refractivity contribution is 6.32. The standard InChI is InChI=1S/C29H37ClN8O2/c1-36(2)12-6-9-27(39)33-22-8-5-7-21(17-22)19-31-28-24(30)20-32-29(35-28)34-25-11-10-23(18-26(25)40-4)38-15-13-37(3)14-16-38/h5-11,17-18,20H,12-16,19H2,1-4H3,(H,33,39)(H2,31,32,34,35)/b9-6+. The lowest BCUT2D eigenvalue weighted by molar-refractivity contribution is -0.111. The van der Waals surface area contributed by atoms with Gasteiger partial charge in [-0.05, 0) is 51.0 Å². The third kappa shape index (κ3) is 8.32. The molecule has 1 saturated heterocycles. The third-order valence-corrected chi connectivity index (χ3v) is 6.71. The first-order chi connectivity index (χ1) is 19.3. The fraction of sp³-hybridized carbons (Fsp3) is 0.345. The van der Waals surface area contributed by atoms with Crippen molar-refractivity contribution in [3.8, 4) is 5.75 Å². The molecule has 0 saturated carbocycles. The number of amides is 1. The summed E-state index contributed by atoms with van der Waals surface area (Å²) in [5.74, 6) is 1.42. The fourth-order valence-electron chi connectivity index (χ4n) is 4.22. The predicted molar refractivity (Wildman–Crippen MR) is 163 cm³/mol. The number of carbonyl (C=O) groups excluding carboxylic acids is 1. The second-order valence-electron chi connectivity index (χ2n) is 9.90. The Labute approximate surface area is 241 Å². The number of halogens is 1. The molecule has 1 amide bonds. The lowest BCUT2D eigenvalue weighted by Crippen LogP contribution is -2.44. The maximum atomic E-state index is 12.2. The van der Waals surface area contributed by atoms with E-state index < -0.39 is 0 Å². The van der Waals surface area contributed by atoms with E-state index in [9.17, 15) is 4.79 Å². The Balaban J connectivity index is 1.39. The van der Waals surface area contributed by atoms with Crippen LogP contribution in [0.1, 0.15) is 5.56 Å². The number of anilines is 5. The minimum Gasteiger partial charge on any atom is -0.494 e. The van der Waals surface area contributed by atoms with Gasteiger partial charge in [0.15, 0.2) is 5.82 Å². The van der Waals surface area contributed by atoms with Crippen LogP contribution in [-0.2, 0) is 11.3 Å². The van der Waals surface area contributed by atoms with Gasteiger partial charge in [-0.25, -0.2) is 4.98 Å². The van der Waals surface area contributed by atoms with Crippen molar-refractivity contribution in [3.63, 3.8) is 0 Å². The number of piperazine rings is 1. The number of methoxy groups -OCH3 is 1. The lowest BCUT2D eigenvalue weighted by atomic mass is 10.2. The number of rotatable bonds is 11. The summed E-state index contributed by atoms with van der Waals surface area (Å²) in [6.07, 6.45) is 4.91. The van der Waals surface area contributed by atoms with Crippen molar-refractivity contribution in [2.75, 3.05) is 81.8 Å². The van der Waals surface area contributed by atoms with E-state index in [1.54, 1.807) is 13.3 Å². The number of likely N-dealkylation sites (N-methyl/N-ethyl adjacent to an activating group) is 2. The van der Waals surface area contributed by atoms with Crippen LogP contribution in [0.15, 0.2) is 60.8 Å². The minimum absolute atomic E-state index is 0.173. The lowest BCUT2D eigenvalue weighted by Gasteiger charge is -2.34. The Hall–Kier alpha value is -3.86. The highest BCUT2D eigenvalue weighted by Gasteiger charge is 2.16. The third-order valence-electron chi connectivity index (χ3n) is 6.44. The fourth-order valence-corrected chi connectivity index (χ4v) is 4.37. The molecule has 1 aliphatic rings. The Morgan fingerprint density at radius 3 is 2.70 bits per heavy atom. The summed E-state index contributed by atoms with van der Waals surface area (Å²) in [4.78, 5) is 27.8. The second-order valence-corrected chi connectivity index (χ2v) is 10.3. The molecule has 1 aromatic heterocycles. The smallest absolute Gasteiger partial charge is 0.248 e. The normalized spacial score (nSPS) is 14.0. The number of carbonyl (C=O) groups is 1. The maximum Gasteiger partial charge on any atom is 0.248 e. The predicted octanol–water partition coefficient (Wildman–Crippen LogP) is 4.30. The van der Waals surface area contributed by atoms with Gasteiger partial charge < -0.3 is 35.4 Å². The highest BCUT2D eigenvalue weighted by atomic mass is 35.5. The van der Waals surface area contributed by atoms with Crippen LogP contribution in [0.4, 0.5) is 28.8 Å². The van der Waals surface area contributed by atoms with E-state index in [0.29, 0.717) is 41.3 Å². The van der Waals surface area contributed by atoms with Crippen molar-refractivity contribution in [1.29, 1.82) is 0 Å². The summed E-state index contributed by atoms with van der Waals surface area (Å²) in [5, 5.41) is 9.81. The molecule has 11 heteroatoms. The average Bonchev–Trinajstić information content (AvgIpc) is 2.94. The van der Waals surface area contributed by atoms with Crippen LogP contribution >= 0.6 is 11.6 Å². The molecule has 0 spiro atoms. The quantitative estimate of drug-likeness (QED) is 0.294. The molecule has 40 heavy (non-hydrogen) atoms. The number of nitrogens with one attached hydrogen (secondary N) is 3. The van der Waals surface area contributed by atoms with Gasteiger partial charge in [-0.2, -0.15) is 4.98 Å². The summed E-state index contributed by atoms with van der Waals surface area (Å²) >= 11 is 6.39. The van der Waals surface area contributed by atoms with E-state index in [-0.39, 0.29) is 5.91 Å². The Bertz CT molecular complexity index is 1330. The monoisotopic (exact) mass is 564 g/mol. The van der Waals surface area contributed by atoms with E-state index in [4.69, 9.17) is 16.3 Å². The number of hydrogen-bond donors (Lipinski definition) is 3. The molecule has 0 radical (unpaired) electrons. The molecule has 212 valence electrons. The van der Waals surface area contributed by atoms with Gasteiger partial charge in [0, 0.05) is 62.8 Å². The molecule has 2 aromatic carbocycles. The zero-order chi connectivity index (χ0) is 28.5. The zero-order valence-electron chi connectivity index (χ0n) is 23.4. The number of nitrogens with zero attached hydrogens (tertiary/aromatic N) is 5. The van der Waals surface area contributed by atoms with E-state index in [0.717, 1.165) is 43.1 Å². The molecule has 1 fully saturated rings. The summed E-state index contributed by atoms with van der Waals surface area (Å²) in [6, 6.07) is 13.7. The van der Waals surface area contributed by atoms with Crippen LogP contribution in [0, 0.1) is 0 Å². The van der Waals surface area contributed by atoms with Gasteiger partial charge in [-0.3, -0.25) is 4.79 Å². The summed E-state index contributed by atoms with van der Waals surface area (Å²) in [7, 11) is 7.70. The van der Waals surface area contributed by atoms with Gasteiger partial charge in [0.2, 0.25) is 11.9 Å². The molecule has 0 bridgehead atoms. The molecular formula is C29H37ClN8O2. The zero-order valence-corrected chi connectivity index (χ0v) is 24.2. The number of hydrogen-bond acceptors (Lipinski definition) is 9. The minimum atomic E-state index is -0.173. The van der Waals surface area contributed by atoms with Gasteiger partial charge >= 0.3 is 0 Å². The first-order valence-corrected chi connectivity index (χ1v) is 13.5. The Kier molecular flexibility index (Phi) is 10.2.